The van der Waals surface area contributed by atoms with Gasteiger partial charge >= 0.3 is 0 Å². The summed E-state index contributed by atoms with van der Waals surface area (Å²) in [4.78, 5) is 12.5. The molecule has 26 heavy (non-hydrogen) atoms. The second-order valence-corrected chi connectivity index (χ2v) is 6.20. The van der Waals surface area contributed by atoms with Crippen LogP contribution in [-0.4, -0.2) is 37.0 Å². The highest BCUT2D eigenvalue weighted by atomic mass is 16.5. The molecule has 7 nitrogen and oxygen atoms in total. The molecule has 1 atom stereocenters. The lowest BCUT2D eigenvalue weighted by Crippen LogP contribution is -2.28. The van der Waals surface area contributed by atoms with Gasteiger partial charge < -0.3 is 19.5 Å². The highest BCUT2D eigenvalue weighted by Gasteiger charge is 2.19. The maximum Gasteiger partial charge on any atom is 0.225 e. The molecule has 1 heterocycles. The van der Waals surface area contributed by atoms with Crippen molar-refractivity contribution in [1.29, 1.82) is 0 Å². The normalized spacial score (nSPS) is 11.8. The smallest absolute Gasteiger partial charge is 0.225 e. The van der Waals surface area contributed by atoms with E-state index in [2.05, 4.69) is 10.4 Å². The van der Waals surface area contributed by atoms with E-state index in [0.717, 1.165) is 22.5 Å². The van der Waals surface area contributed by atoms with Gasteiger partial charge in [-0.25, -0.2) is 0 Å². The molecule has 0 aliphatic rings. The molecule has 0 saturated heterocycles. The third kappa shape index (κ3) is 3.92. The van der Waals surface area contributed by atoms with Crippen molar-refractivity contribution in [2.24, 2.45) is 7.05 Å². The molecule has 1 aromatic carbocycles. The molecule has 0 bridgehead atoms. The second kappa shape index (κ2) is 8.12. The maximum absolute atomic E-state index is 12.5. The van der Waals surface area contributed by atoms with E-state index < -0.39 is 0 Å². The Labute approximate surface area is 154 Å². The first kappa shape index (κ1) is 19.6. The van der Waals surface area contributed by atoms with Crippen LogP contribution in [0.2, 0.25) is 0 Å². The molecule has 2 aromatic rings. The average Bonchev–Trinajstić information content (AvgIpc) is 2.86. The number of nitrogens with one attached hydrogen (secondary N) is 1. The zero-order valence-electron chi connectivity index (χ0n) is 16.5. The van der Waals surface area contributed by atoms with Gasteiger partial charge in [0.2, 0.25) is 11.7 Å². The van der Waals surface area contributed by atoms with Crippen molar-refractivity contribution in [2.45, 2.75) is 33.2 Å². The summed E-state index contributed by atoms with van der Waals surface area (Å²) in [5.74, 6) is 1.58. The van der Waals surface area contributed by atoms with Crippen LogP contribution >= 0.6 is 0 Å². The fourth-order valence-electron chi connectivity index (χ4n) is 2.96. The maximum atomic E-state index is 12.5. The summed E-state index contributed by atoms with van der Waals surface area (Å²) in [6, 6.07) is 3.47. The van der Waals surface area contributed by atoms with Gasteiger partial charge in [0.15, 0.2) is 11.5 Å². The molecule has 1 amide bonds. The highest BCUT2D eigenvalue weighted by Crippen LogP contribution is 2.39. The number of ether oxygens (including phenoxy) is 3. The van der Waals surface area contributed by atoms with Gasteiger partial charge in [0.1, 0.15) is 0 Å². The van der Waals surface area contributed by atoms with Gasteiger partial charge in [-0.3, -0.25) is 9.48 Å². The quantitative estimate of drug-likeness (QED) is 0.820. The predicted molar refractivity (Wildman–Crippen MR) is 99.0 cm³/mol. The second-order valence-electron chi connectivity index (χ2n) is 6.20. The van der Waals surface area contributed by atoms with E-state index in [0.29, 0.717) is 23.7 Å². The van der Waals surface area contributed by atoms with Crippen molar-refractivity contribution in [1.82, 2.24) is 15.1 Å². The zero-order chi connectivity index (χ0) is 19.4. The molecule has 2 rings (SSSR count). The fourth-order valence-corrected chi connectivity index (χ4v) is 2.96. The number of carbonyl (C=O) groups excluding carboxylic acids is 1. The Hall–Kier alpha value is -2.70. The minimum atomic E-state index is -0.214. The van der Waals surface area contributed by atoms with E-state index in [9.17, 15) is 4.79 Å². The van der Waals surface area contributed by atoms with Crippen LogP contribution in [0.5, 0.6) is 17.2 Å². The van der Waals surface area contributed by atoms with Crippen LogP contribution in [0.1, 0.15) is 35.5 Å². The van der Waals surface area contributed by atoms with E-state index >= 15 is 0 Å². The van der Waals surface area contributed by atoms with Crippen molar-refractivity contribution in [3.63, 3.8) is 0 Å². The molecule has 0 aliphatic carbocycles. The molecule has 142 valence electrons. The molecule has 0 fully saturated rings. The SMILES string of the molecule is COc1cc(C(C)NC(=O)Cc2c(C)nn(C)c2C)cc(OC)c1OC. The van der Waals surface area contributed by atoms with E-state index in [1.54, 1.807) is 26.0 Å². The Kier molecular flexibility index (Phi) is 6.13. The zero-order valence-corrected chi connectivity index (χ0v) is 16.5. The Bertz CT molecular complexity index is 773. The van der Waals surface area contributed by atoms with Crippen LogP contribution in [-0.2, 0) is 18.3 Å². The molecule has 0 radical (unpaired) electrons. The minimum absolute atomic E-state index is 0.0644. The Morgan fingerprint density at radius 1 is 1.15 bits per heavy atom. The molecule has 1 aromatic heterocycles. The predicted octanol–water partition coefficient (Wildman–Crippen LogP) is 2.48. The van der Waals surface area contributed by atoms with Gasteiger partial charge in [-0.05, 0) is 38.5 Å². The van der Waals surface area contributed by atoms with Gasteiger partial charge in [0, 0.05) is 18.3 Å². The Morgan fingerprint density at radius 3 is 2.15 bits per heavy atom. The van der Waals surface area contributed by atoms with E-state index in [1.807, 2.05) is 40.0 Å². The van der Waals surface area contributed by atoms with Gasteiger partial charge in [0.05, 0.1) is 39.5 Å². The topological polar surface area (TPSA) is 74.6 Å². The first-order valence-corrected chi connectivity index (χ1v) is 8.40. The van der Waals surface area contributed by atoms with E-state index in [4.69, 9.17) is 14.2 Å². The lowest BCUT2D eigenvalue weighted by atomic mass is 10.1. The lowest BCUT2D eigenvalue weighted by Gasteiger charge is -2.19. The number of hydrogen-bond acceptors (Lipinski definition) is 5. The Morgan fingerprint density at radius 2 is 1.73 bits per heavy atom. The summed E-state index contributed by atoms with van der Waals surface area (Å²) in [7, 11) is 6.57. The largest absolute Gasteiger partial charge is 0.493 e. The van der Waals surface area contributed by atoms with Crippen LogP contribution in [0, 0.1) is 13.8 Å². The van der Waals surface area contributed by atoms with Gasteiger partial charge in [-0.2, -0.15) is 5.10 Å². The summed E-state index contributed by atoms with van der Waals surface area (Å²) >= 11 is 0. The van der Waals surface area contributed by atoms with E-state index in [-0.39, 0.29) is 11.9 Å². The molecule has 1 N–H and O–H groups in total. The fraction of sp³-hybridized carbons (Fsp3) is 0.474. The van der Waals surface area contributed by atoms with Crippen molar-refractivity contribution < 1.29 is 19.0 Å². The molecule has 1 unspecified atom stereocenters. The molecular formula is C19H27N3O4. The summed E-state index contributed by atoms with van der Waals surface area (Å²) in [5.41, 5.74) is 3.70. The van der Waals surface area contributed by atoms with Crippen LogP contribution in [0.15, 0.2) is 12.1 Å². The van der Waals surface area contributed by atoms with Crippen LogP contribution < -0.4 is 19.5 Å². The summed E-state index contributed by atoms with van der Waals surface area (Å²) in [6.07, 6.45) is 0.292. The number of hydrogen-bond donors (Lipinski definition) is 1. The van der Waals surface area contributed by atoms with E-state index in [1.165, 1.54) is 0 Å². The molecular weight excluding hydrogens is 334 g/mol. The van der Waals surface area contributed by atoms with Crippen LogP contribution in [0.3, 0.4) is 0 Å². The number of aryl methyl sites for hydroxylation is 2. The van der Waals surface area contributed by atoms with Crippen molar-refractivity contribution >= 4 is 5.91 Å². The Balaban J connectivity index is 2.18. The number of amides is 1. The lowest BCUT2D eigenvalue weighted by molar-refractivity contribution is -0.121. The van der Waals surface area contributed by atoms with Gasteiger partial charge in [-0.15, -0.1) is 0 Å². The standard InChI is InChI=1S/C19H27N3O4/c1-11(14-8-16(24-5)19(26-7)17(9-14)25-6)20-18(23)10-15-12(2)21-22(4)13(15)3/h8-9,11H,10H2,1-7H3,(H,20,23). The number of carbonyl (C=O) groups is 1. The number of methoxy groups -OCH3 is 3. The van der Waals surface area contributed by atoms with Crippen molar-refractivity contribution in [3.05, 3.63) is 34.6 Å². The molecule has 0 aliphatic heterocycles. The third-order valence-corrected chi connectivity index (χ3v) is 4.56. The molecule has 0 saturated carbocycles. The average molecular weight is 361 g/mol. The molecule has 0 spiro atoms. The first-order chi connectivity index (χ1) is 12.3. The van der Waals surface area contributed by atoms with Crippen LogP contribution in [0.25, 0.3) is 0 Å². The summed E-state index contributed by atoms with van der Waals surface area (Å²) < 4.78 is 17.9. The summed E-state index contributed by atoms with van der Waals surface area (Å²) in [6.45, 7) is 5.80. The highest BCUT2D eigenvalue weighted by molar-refractivity contribution is 5.79. The van der Waals surface area contributed by atoms with Crippen molar-refractivity contribution in [2.75, 3.05) is 21.3 Å². The van der Waals surface area contributed by atoms with Crippen LogP contribution in [0.4, 0.5) is 0 Å². The number of benzene rings is 1. The van der Waals surface area contributed by atoms with Gasteiger partial charge in [-0.1, -0.05) is 0 Å². The number of rotatable bonds is 7. The number of aromatic nitrogens is 2. The monoisotopic (exact) mass is 361 g/mol. The number of nitrogens with zero attached hydrogens (tertiary/aromatic N) is 2. The van der Waals surface area contributed by atoms with Crippen molar-refractivity contribution in [3.8, 4) is 17.2 Å². The minimum Gasteiger partial charge on any atom is -0.493 e. The third-order valence-electron chi connectivity index (χ3n) is 4.56. The summed E-state index contributed by atoms with van der Waals surface area (Å²) in [5, 5.41) is 7.38. The van der Waals surface area contributed by atoms with Gasteiger partial charge in [0.25, 0.3) is 0 Å². The molecule has 7 heteroatoms. The first-order valence-electron chi connectivity index (χ1n) is 8.40.